The summed E-state index contributed by atoms with van der Waals surface area (Å²) in [4.78, 5) is 14.7. The molecule has 3 rings (SSSR count). The van der Waals surface area contributed by atoms with E-state index in [1.807, 2.05) is 18.2 Å². The van der Waals surface area contributed by atoms with Gasteiger partial charge in [0.25, 0.3) is 0 Å². The summed E-state index contributed by atoms with van der Waals surface area (Å²) in [5.74, 6) is 1.96. The Hall–Kier alpha value is -1.75. The number of hydrogen-bond donors (Lipinski definition) is 1. The van der Waals surface area contributed by atoms with Gasteiger partial charge in [-0.3, -0.25) is 9.69 Å². The van der Waals surface area contributed by atoms with E-state index < -0.39 is 0 Å². The molecule has 5 heteroatoms. The highest BCUT2D eigenvalue weighted by atomic mass is 16.6. The lowest BCUT2D eigenvalue weighted by Crippen LogP contribution is -2.42. The highest BCUT2D eigenvalue weighted by molar-refractivity contribution is 5.78. The van der Waals surface area contributed by atoms with Crippen LogP contribution in [-0.4, -0.2) is 43.7 Å². The zero-order valence-corrected chi connectivity index (χ0v) is 14.7. The van der Waals surface area contributed by atoms with Gasteiger partial charge >= 0.3 is 0 Å². The lowest BCUT2D eigenvalue weighted by atomic mass is 9.95. The third-order valence-corrected chi connectivity index (χ3v) is 4.72. The molecule has 24 heavy (non-hydrogen) atoms. The van der Waals surface area contributed by atoms with Crippen LogP contribution >= 0.6 is 0 Å². The molecule has 1 aromatic rings. The van der Waals surface area contributed by atoms with E-state index in [-0.39, 0.29) is 11.9 Å². The quantitative estimate of drug-likeness (QED) is 0.901. The zero-order valence-electron chi connectivity index (χ0n) is 14.7. The average molecular weight is 332 g/mol. The fourth-order valence-corrected chi connectivity index (χ4v) is 3.43. The number of amides is 1. The Balaban J connectivity index is 1.66. The molecule has 0 unspecified atom stereocenters. The number of rotatable bonds is 5. The topological polar surface area (TPSA) is 50.8 Å². The summed E-state index contributed by atoms with van der Waals surface area (Å²) >= 11 is 0. The number of ether oxygens (including phenoxy) is 2. The van der Waals surface area contributed by atoms with Crippen molar-refractivity contribution in [3.63, 3.8) is 0 Å². The van der Waals surface area contributed by atoms with Crippen LogP contribution in [0.3, 0.4) is 0 Å². The molecule has 5 nitrogen and oxygen atoms in total. The van der Waals surface area contributed by atoms with Crippen LogP contribution in [0, 0.1) is 5.92 Å². The van der Waals surface area contributed by atoms with Gasteiger partial charge in [0, 0.05) is 0 Å². The number of piperidine rings is 1. The molecule has 1 saturated heterocycles. The van der Waals surface area contributed by atoms with Crippen LogP contribution in [0.5, 0.6) is 11.5 Å². The molecule has 1 fully saturated rings. The molecule has 1 atom stereocenters. The van der Waals surface area contributed by atoms with Crippen molar-refractivity contribution in [2.75, 3.05) is 32.8 Å². The van der Waals surface area contributed by atoms with Gasteiger partial charge in [-0.2, -0.15) is 0 Å². The van der Waals surface area contributed by atoms with Gasteiger partial charge in [-0.25, -0.2) is 0 Å². The van der Waals surface area contributed by atoms with Crippen LogP contribution in [0.2, 0.25) is 0 Å². The van der Waals surface area contributed by atoms with Crippen LogP contribution in [0.25, 0.3) is 0 Å². The van der Waals surface area contributed by atoms with E-state index in [2.05, 4.69) is 24.1 Å². The van der Waals surface area contributed by atoms with E-state index in [4.69, 9.17) is 9.47 Å². The van der Waals surface area contributed by atoms with Crippen molar-refractivity contribution >= 4 is 5.91 Å². The van der Waals surface area contributed by atoms with E-state index in [0.717, 1.165) is 30.2 Å². The second-order valence-corrected chi connectivity index (χ2v) is 7.03. The maximum atomic E-state index is 12.5. The van der Waals surface area contributed by atoms with Gasteiger partial charge in [0.15, 0.2) is 11.5 Å². The van der Waals surface area contributed by atoms with Gasteiger partial charge in [0.2, 0.25) is 5.91 Å². The molecule has 2 aliphatic heterocycles. The Bertz CT molecular complexity index is 568. The Kier molecular flexibility index (Phi) is 5.61. The summed E-state index contributed by atoms with van der Waals surface area (Å²) in [5.41, 5.74) is 1.07. The number of hydrogen-bond acceptors (Lipinski definition) is 4. The standard InChI is InChI=1S/C19H28N2O3/c1-14(2)19(20-18(22)13-21-8-4-3-5-9-21)15-6-7-16-17(12-15)24-11-10-23-16/h6-7,12,14,19H,3-5,8-11,13H2,1-2H3,(H,20,22)/t19-/m1/s1. The number of carbonyl (C=O) groups excluding carboxylic acids is 1. The van der Waals surface area contributed by atoms with E-state index in [1.54, 1.807) is 0 Å². The maximum Gasteiger partial charge on any atom is 0.234 e. The Labute approximate surface area is 144 Å². The van der Waals surface area contributed by atoms with Crippen molar-refractivity contribution in [1.29, 1.82) is 0 Å². The molecule has 0 bridgehead atoms. The third-order valence-electron chi connectivity index (χ3n) is 4.72. The Morgan fingerprint density at radius 3 is 2.54 bits per heavy atom. The van der Waals surface area contributed by atoms with Crippen LogP contribution < -0.4 is 14.8 Å². The molecule has 0 aromatic heterocycles. The van der Waals surface area contributed by atoms with Gasteiger partial charge < -0.3 is 14.8 Å². The number of nitrogens with one attached hydrogen (secondary N) is 1. The minimum absolute atomic E-state index is 0.0156. The lowest BCUT2D eigenvalue weighted by Gasteiger charge is -2.29. The number of nitrogens with zero attached hydrogens (tertiary/aromatic N) is 1. The van der Waals surface area contributed by atoms with E-state index in [9.17, 15) is 4.79 Å². The molecule has 1 N–H and O–H groups in total. The van der Waals surface area contributed by atoms with Crippen LogP contribution in [0.15, 0.2) is 18.2 Å². The minimum Gasteiger partial charge on any atom is -0.486 e. The van der Waals surface area contributed by atoms with Crippen molar-refractivity contribution in [3.05, 3.63) is 23.8 Å². The predicted molar refractivity (Wildman–Crippen MR) is 93.4 cm³/mol. The van der Waals surface area contributed by atoms with E-state index >= 15 is 0 Å². The first kappa shape index (κ1) is 17.1. The molecule has 1 amide bonds. The summed E-state index contributed by atoms with van der Waals surface area (Å²) in [6.07, 6.45) is 3.68. The molecular weight excluding hydrogens is 304 g/mol. The zero-order chi connectivity index (χ0) is 16.9. The fourth-order valence-electron chi connectivity index (χ4n) is 3.43. The SMILES string of the molecule is CC(C)[C@@H](NC(=O)CN1CCCCC1)c1ccc2c(c1)OCCO2. The van der Waals surface area contributed by atoms with Crippen molar-refractivity contribution in [1.82, 2.24) is 10.2 Å². The third kappa shape index (κ3) is 4.20. The summed E-state index contributed by atoms with van der Waals surface area (Å²) in [6, 6.07) is 5.95. The van der Waals surface area contributed by atoms with Gasteiger partial charge in [0.05, 0.1) is 12.6 Å². The largest absolute Gasteiger partial charge is 0.486 e. The van der Waals surface area contributed by atoms with Crippen molar-refractivity contribution < 1.29 is 14.3 Å². The van der Waals surface area contributed by atoms with Gasteiger partial charge in [-0.05, 0) is 49.5 Å². The average Bonchev–Trinajstić information content (AvgIpc) is 2.60. The van der Waals surface area contributed by atoms with Crippen molar-refractivity contribution in [3.8, 4) is 11.5 Å². The normalized spacial score (nSPS) is 19.1. The van der Waals surface area contributed by atoms with Gasteiger partial charge in [-0.15, -0.1) is 0 Å². The van der Waals surface area contributed by atoms with Crippen molar-refractivity contribution in [2.24, 2.45) is 5.92 Å². The van der Waals surface area contributed by atoms with Gasteiger partial charge in [0.1, 0.15) is 13.2 Å². The Morgan fingerprint density at radius 2 is 1.83 bits per heavy atom. The highest BCUT2D eigenvalue weighted by Gasteiger charge is 2.22. The number of likely N-dealkylation sites (tertiary alicyclic amines) is 1. The molecule has 2 aliphatic rings. The lowest BCUT2D eigenvalue weighted by molar-refractivity contribution is -0.123. The molecule has 1 aromatic carbocycles. The van der Waals surface area contributed by atoms with E-state index in [1.165, 1.54) is 19.3 Å². The summed E-state index contributed by atoms with van der Waals surface area (Å²) in [6.45, 7) is 7.98. The summed E-state index contributed by atoms with van der Waals surface area (Å²) in [7, 11) is 0. The number of carbonyl (C=O) groups is 1. The van der Waals surface area contributed by atoms with Crippen LogP contribution in [-0.2, 0) is 4.79 Å². The van der Waals surface area contributed by atoms with Crippen LogP contribution in [0.4, 0.5) is 0 Å². The monoisotopic (exact) mass is 332 g/mol. The summed E-state index contributed by atoms with van der Waals surface area (Å²) in [5, 5.41) is 3.21. The smallest absolute Gasteiger partial charge is 0.234 e. The first-order valence-corrected chi connectivity index (χ1v) is 9.05. The molecule has 0 radical (unpaired) electrons. The first-order valence-electron chi connectivity index (χ1n) is 9.05. The molecule has 0 spiro atoms. The molecule has 0 aliphatic carbocycles. The van der Waals surface area contributed by atoms with Gasteiger partial charge in [-0.1, -0.05) is 26.3 Å². The molecular formula is C19H28N2O3. The molecule has 2 heterocycles. The second-order valence-electron chi connectivity index (χ2n) is 7.03. The van der Waals surface area contributed by atoms with E-state index in [0.29, 0.717) is 25.7 Å². The summed E-state index contributed by atoms with van der Waals surface area (Å²) < 4.78 is 11.3. The second kappa shape index (κ2) is 7.88. The van der Waals surface area contributed by atoms with Crippen LogP contribution in [0.1, 0.15) is 44.7 Å². The molecule has 132 valence electrons. The first-order chi connectivity index (χ1) is 11.6. The molecule has 0 saturated carbocycles. The highest BCUT2D eigenvalue weighted by Crippen LogP contribution is 2.34. The Morgan fingerprint density at radius 1 is 1.12 bits per heavy atom. The number of benzene rings is 1. The minimum atomic E-state index is -0.0156. The fraction of sp³-hybridized carbons (Fsp3) is 0.632. The maximum absolute atomic E-state index is 12.5. The number of fused-ring (bicyclic) bond motifs is 1. The van der Waals surface area contributed by atoms with Crippen molar-refractivity contribution in [2.45, 2.75) is 39.2 Å². The predicted octanol–water partition coefficient (Wildman–Crippen LogP) is 2.76.